The monoisotopic (exact) mass is 263 g/mol. The van der Waals surface area contributed by atoms with E-state index < -0.39 is 0 Å². The van der Waals surface area contributed by atoms with E-state index in [1.165, 1.54) is 0 Å². The van der Waals surface area contributed by atoms with E-state index >= 15 is 0 Å². The Balaban J connectivity index is 2.23. The number of carbonyl (C=O) groups excluding carboxylic acids is 1. The van der Waals surface area contributed by atoms with Crippen LogP contribution in [-0.4, -0.2) is 30.8 Å². The summed E-state index contributed by atoms with van der Waals surface area (Å²) < 4.78 is 10.7. The lowest BCUT2D eigenvalue weighted by Crippen LogP contribution is -2.32. The van der Waals surface area contributed by atoms with Gasteiger partial charge >= 0.3 is 0 Å². The van der Waals surface area contributed by atoms with Crippen LogP contribution in [0.25, 0.3) is 11.0 Å². The highest BCUT2D eigenvalue weighted by Crippen LogP contribution is 2.28. The highest BCUT2D eigenvalue weighted by atomic mass is 16.5. The number of nitrogens with one attached hydrogen (secondary N) is 1. The van der Waals surface area contributed by atoms with Crippen molar-refractivity contribution in [3.63, 3.8) is 0 Å². The van der Waals surface area contributed by atoms with Crippen LogP contribution in [0.3, 0.4) is 0 Å². The predicted octanol–water partition coefficient (Wildman–Crippen LogP) is 1.94. The van der Waals surface area contributed by atoms with E-state index in [9.17, 15) is 4.79 Å². The minimum atomic E-state index is -0.292. The van der Waals surface area contributed by atoms with Crippen LogP contribution >= 0.6 is 0 Å². The number of para-hydroxylation sites is 1. The van der Waals surface area contributed by atoms with Crippen molar-refractivity contribution in [2.24, 2.45) is 0 Å². The molecule has 2 rings (SSSR count). The Morgan fingerprint density at radius 2 is 2.32 bits per heavy atom. The van der Waals surface area contributed by atoms with Gasteiger partial charge in [0.05, 0.1) is 7.11 Å². The van der Waals surface area contributed by atoms with E-state index in [2.05, 4.69) is 5.32 Å². The van der Waals surface area contributed by atoms with Crippen LogP contribution in [0, 0.1) is 0 Å². The third kappa shape index (κ3) is 2.88. The fraction of sp³-hybridized carbons (Fsp3) is 0.357. The molecule has 0 aliphatic heterocycles. The maximum absolute atomic E-state index is 12.0. The highest BCUT2D eigenvalue weighted by Gasteiger charge is 2.16. The quantitative estimate of drug-likeness (QED) is 0.864. The van der Waals surface area contributed by atoms with Crippen molar-refractivity contribution in [2.45, 2.75) is 19.4 Å². The highest BCUT2D eigenvalue weighted by molar-refractivity contribution is 5.97. The number of aliphatic hydroxyl groups excluding tert-OH is 1. The third-order valence-electron chi connectivity index (χ3n) is 2.89. The van der Waals surface area contributed by atoms with E-state index in [1.54, 1.807) is 19.2 Å². The lowest BCUT2D eigenvalue weighted by molar-refractivity contribution is 0.0908. The van der Waals surface area contributed by atoms with Crippen LogP contribution in [0.1, 0.15) is 23.9 Å². The average molecular weight is 263 g/mol. The normalized spacial score (nSPS) is 12.4. The Bertz CT molecular complexity index is 576. The fourth-order valence-corrected chi connectivity index (χ4v) is 1.87. The van der Waals surface area contributed by atoms with Gasteiger partial charge in [0.25, 0.3) is 5.91 Å². The number of fused-ring (bicyclic) bond motifs is 1. The molecule has 0 spiro atoms. The van der Waals surface area contributed by atoms with Gasteiger partial charge in [-0.1, -0.05) is 12.1 Å². The maximum Gasteiger partial charge on any atom is 0.287 e. The van der Waals surface area contributed by atoms with Gasteiger partial charge in [-0.15, -0.1) is 0 Å². The first kappa shape index (κ1) is 13.4. The van der Waals surface area contributed by atoms with Crippen LogP contribution in [0.5, 0.6) is 5.75 Å². The molecule has 0 saturated heterocycles. The molecule has 1 amide bonds. The summed E-state index contributed by atoms with van der Waals surface area (Å²) in [5, 5.41) is 12.4. The first-order valence-electron chi connectivity index (χ1n) is 6.14. The zero-order chi connectivity index (χ0) is 13.8. The summed E-state index contributed by atoms with van der Waals surface area (Å²) in [4.78, 5) is 12.0. The Morgan fingerprint density at radius 1 is 1.53 bits per heavy atom. The molecule has 0 aliphatic rings. The van der Waals surface area contributed by atoms with Crippen molar-refractivity contribution in [1.29, 1.82) is 0 Å². The standard InChI is InChI=1S/C14H17NO4/c1-9(6-7-16)15-14(17)12-8-10-4-3-5-11(18-2)13(10)19-12/h3-5,8-9,16H,6-7H2,1-2H3,(H,15,17). The molecular formula is C14H17NO4. The lowest BCUT2D eigenvalue weighted by atomic mass is 10.2. The molecule has 1 aromatic heterocycles. The number of benzene rings is 1. The van der Waals surface area contributed by atoms with Gasteiger partial charge in [-0.05, 0) is 25.5 Å². The first-order chi connectivity index (χ1) is 9.15. The van der Waals surface area contributed by atoms with Crippen molar-refractivity contribution in [1.82, 2.24) is 5.32 Å². The number of hydrogen-bond donors (Lipinski definition) is 2. The molecule has 2 N–H and O–H groups in total. The van der Waals surface area contributed by atoms with Gasteiger partial charge < -0.3 is 19.6 Å². The molecule has 0 fully saturated rings. The van der Waals surface area contributed by atoms with Gasteiger partial charge in [0.1, 0.15) is 0 Å². The first-order valence-corrected chi connectivity index (χ1v) is 6.14. The van der Waals surface area contributed by atoms with Gasteiger partial charge in [-0.25, -0.2) is 0 Å². The molecule has 19 heavy (non-hydrogen) atoms. The molecule has 5 nitrogen and oxygen atoms in total. The molecule has 1 atom stereocenters. The van der Waals surface area contributed by atoms with Gasteiger partial charge in [-0.3, -0.25) is 4.79 Å². The second kappa shape index (κ2) is 5.75. The van der Waals surface area contributed by atoms with Gasteiger partial charge in [-0.2, -0.15) is 0 Å². The van der Waals surface area contributed by atoms with E-state index in [-0.39, 0.29) is 24.3 Å². The van der Waals surface area contributed by atoms with Crippen molar-refractivity contribution in [2.75, 3.05) is 13.7 Å². The Labute approximate surface area is 111 Å². The molecule has 1 heterocycles. The predicted molar refractivity (Wildman–Crippen MR) is 71.4 cm³/mol. The topological polar surface area (TPSA) is 71.7 Å². The molecule has 1 aromatic carbocycles. The number of aliphatic hydroxyl groups is 1. The Kier molecular flexibility index (Phi) is 4.06. The number of amides is 1. The second-order valence-corrected chi connectivity index (χ2v) is 4.38. The van der Waals surface area contributed by atoms with E-state index in [0.29, 0.717) is 17.8 Å². The van der Waals surface area contributed by atoms with Crippen molar-refractivity contribution in [3.8, 4) is 5.75 Å². The van der Waals surface area contributed by atoms with E-state index in [0.717, 1.165) is 5.39 Å². The second-order valence-electron chi connectivity index (χ2n) is 4.38. The minimum Gasteiger partial charge on any atom is -0.493 e. The van der Waals surface area contributed by atoms with Crippen molar-refractivity contribution >= 4 is 16.9 Å². The van der Waals surface area contributed by atoms with Crippen molar-refractivity contribution in [3.05, 3.63) is 30.0 Å². The number of carbonyl (C=O) groups is 1. The molecule has 5 heteroatoms. The largest absolute Gasteiger partial charge is 0.493 e. The van der Waals surface area contributed by atoms with Gasteiger partial charge in [0.15, 0.2) is 17.1 Å². The molecular weight excluding hydrogens is 246 g/mol. The average Bonchev–Trinajstić information content (AvgIpc) is 2.82. The molecule has 0 bridgehead atoms. The van der Waals surface area contributed by atoms with E-state index in [4.69, 9.17) is 14.3 Å². The number of methoxy groups -OCH3 is 1. The van der Waals surface area contributed by atoms with Gasteiger partial charge in [0.2, 0.25) is 0 Å². The smallest absolute Gasteiger partial charge is 0.287 e. The Hall–Kier alpha value is -2.01. The van der Waals surface area contributed by atoms with E-state index in [1.807, 2.05) is 19.1 Å². The maximum atomic E-state index is 12.0. The van der Waals surface area contributed by atoms with Crippen LogP contribution in [0.15, 0.2) is 28.7 Å². The summed E-state index contributed by atoms with van der Waals surface area (Å²) in [6.45, 7) is 1.87. The summed E-state index contributed by atoms with van der Waals surface area (Å²) in [6.07, 6.45) is 0.509. The van der Waals surface area contributed by atoms with Crippen LogP contribution in [-0.2, 0) is 0 Å². The fourth-order valence-electron chi connectivity index (χ4n) is 1.87. The SMILES string of the molecule is COc1cccc2cc(C(=O)NC(C)CCO)oc12. The molecule has 0 saturated carbocycles. The minimum absolute atomic E-state index is 0.0371. The zero-order valence-electron chi connectivity index (χ0n) is 11.0. The molecule has 0 aliphatic carbocycles. The number of hydrogen-bond acceptors (Lipinski definition) is 4. The molecule has 102 valence electrons. The summed E-state index contributed by atoms with van der Waals surface area (Å²) >= 11 is 0. The zero-order valence-corrected chi connectivity index (χ0v) is 11.0. The molecule has 0 radical (unpaired) electrons. The number of furan rings is 1. The Morgan fingerprint density at radius 3 is 3.00 bits per heavy atom. The van der Waals surface area contributed by atoms with Crippen molar-refractivity contribution < 1.29 is 19.1 Å². The summed E-state index contributed by atoms with van der Waals surface area (Å²) in [7, 11) is 1.56. The molecule has 1 unspecified atom stereocenters. The summed E-state index contributed by atoms with van der Waals surface area (Å²) in [5.74, 6) is 0.545. The van der Waals surface area contributed by atoms with Crippen LogP contribution in [0.4, 0.5) is 0 Å². The van der Waals surface area contributed by atoms with Crippen LogP contribution in [0.2, 0.25) is 0 Å². The van der Waals surface area contributed by atoms with Gasteiger partial charge in [0, 0.05) is 18.0 Å². The number of ether oxygens (including phenoxy) is 1. The summed E-state index contributed by atoms with van der Waals surface area (Å²) in [6, 6.07) is 7.05. The summed E-state index contributed by atoms with van der Waals surface area (Å²) in [5.41, 5.74) is 0.560. The third-order valence-corrected chi connectivity index (χ3v) is 2.89. The lowest BCUT2D eigenvalue weighted by Gasteiger charge is -2.10. The van der Waals surface area contributed by atoms with Crippen LogP contribution < -0.4 is 10.1 Å². The number of rotatable bonds is 5. The molecule has 2 aromatic rings.